The van der Waals surface area contributed by atoms with Crippen LogP contribution in [0.15, 0.2) is 53.4 Å². The van der Waals surface area contributed by atoms with Gasteiger partial charge >= 0.3 is 5.97 Å². The fourth-order valence-electron chi connectivity index (χ4n) is 3.58. The molecule has 1 aliphatic carbocycles. The Kier molecular flexibility index (Phi) is 6.46. The topological polar surface area (TPSA) is 84.9 Å². The molecule has 1 saturated carbocycles. The van der Waals surface area contributed by atoms with Gasteiger partial charge in [-0.25, -0.2) is 0 Å². The molecule has 0 spiro atoms. The highest BCUT2D eigenvalue weighted by Crippen LogP contribution is 2.41. The van der Waals surface area contributed by atoms with Gasteiger partial charge in [-0.05, 0) is 48.6 Å². The summed E-state index contributed by atoms with van der Waals surface area (Å²) in [6.45, 7) is -0.592. The Bertz CT molecular complexity index is 974. The summed E-state index contributed by atoms with van der Waals surface area (Å²) in [7, 11) is 1.61. The molecular weight excluding hydrogens is 416 g/mol. The summed E-state index contributed by atoms with van der Waals surface area (Å²) in [6, 6.07) is 14.9. The Hall–Kier alpha value is -3.00. The van der Waals surface area contributed by atoms with E-state index in [1.807, 2.05) is 42.5 Å². The molecule has 2 amide bonds. The predicted octanol–water partition coefficient (Wildman–Crippen LogP) is 2.94. The fraction of sp³-hybridized carbons (Fsp3) is 0.348. The molecular formula is C23H24N2O5S. The number of anilines is 1. The van der Waals surface area contributed by atoms with Gasteiger partial charge in [-0.2, -0.15) is 0 Å². The van der Waals surface area contributed by atoms with Crippen LogP contribution in [0.2, 0.25) is 0 Å². The van der Waals surface area contributed by atoms with E-state index in [0.717, 1.165) is 29.1 Å². The highest BCUT2D eigenvalue weighted by atomic mass is 32.2. The molecule has 1 heterocycles. The maximum atomic E-state index is 12.4. The summed E-state index contributed by atoms with van der Waals surface area (Å²) < 4.78 is 10.4. The van der Waals surface area contributed by atoms with Gasteiger partial charge in [0.25, 0.3) is 5.91 Å². The SMILES string of the molecule is COc1ccc(C(NC(=O)COC(=O)CN2C(=O)CSc3ccccc32)C2CC2)cc1. The van der Waals surface area contributed by atoms with Crippen LogP contribution in [0.25, 0.3) is 0 Å². The van der Waals surface area contributed by atoms with Crippen LogP contribution in [0.3, 0.4) is 0 Å². The normalized spacial score (nSPS) is 16.3. The second-order valence-corrected chi connectivity index (χ2v) is 8.57. The smallest absolute Gasteiger partial charge is 0.326 e. The number of methoxy groups -OCH3 is 1. The molecule has 8 heteroatoms. The number of fused-ring (bicyclic) bond motifs is 1. The number of nitrogens with zero attached hydrogens (tertiary/aromatic N) is 1. The van der Waals surface area contributed by atoms with Crippen molar-refractivity contribution in [3.63, 3.8) is 0 Å². The second kappa shape index (κ2) is 9.43. The maximum absolute atomic E-state index is 12.4. The van der Waals surface area contributed by atoms with Crippen LogP contribution >= 0.6 is 11.8 Å². The van der Waals surface area contributed by atoms with Gasteiger partial charge < -0.3 is 14.8 Å². The third kappa shape index (κ3) is 5.19. The largest absolute Gasteiger partial charge is 0.497 e. The number of nitrogens with one attached hydrogen (secondary N) is 1. The first-order chi connectivity index (χ1) is 15.0. The van der Waals surface area contributed by atoms with E-state index < -0.39 is 5.97 Å². The zero-order chi connectivity index (χ0) is 21.8. The van der Waals surface area contributed by atoms with E-state index in [-0.39, 0.29) is 36.8 Å². The van der Waals surface area contributed by atoms with Crippen LogP contribution in [-0.2, 0) is 19.1 Å². The zero-order valence-corrected chi connectivity index (χ0v) is 18.0. The number of esters is 1. The van der Waals surface area contributed by atoms with Gasteiger partial charge in [-0.1, -0.05) is 24.3 Å². The molecule has 0 saturated heterocycles. The lowest BCUT2D eigenvalue weighted by atomic mass is 10.0. The number of amides is 2. The standard InChI is InChI=1S/C23H24N2O5S/c1-29-17-10-8-16(9-11-17)23(15-6-7-15)24-20(26)13-30-22(28)12-25-18-4-2-3-5-19(18)31-14-21(25)27/h2-5,8-11,15,23H,6-7,12-14H2,1H3,(H,24,26). The number of ether oxygens (including phenoxy) is 2. The van der Waals surface area contributed by atoms with E-state index in [4.69, 9.17) is 9.47 Å². The van der Waals surface area contributed by atoms with Crippen LogP contribution in [0, 0.1) is 5.92 Å². The number of rotatable bonds is 8. The van der Waals surface area contributed by atoms with Crippen molar-refractivity contribution >= 4 is 35.2 Å². The van der Waals surface area contributed by atoms with Gasteiger partial charge in [0.05, 0.1) is 24.6 Å². The van der Waals surface area contributed by atoms with Crippen LogP contribution in [0.4, 0.5) is 5.69 Å². The van der Waals surface area contributed by atoms with Crippen molar-refractivity contribution in [2.45, 2.75) is 23.8 Å². The van der Waals surface area contributed by atoms with Gasteiger partial charge in [0, 0.05) is 4.90 Å². The minimum Gasteiger partial charge on any atom is -0.497 e. The molecule has 0 bridgehead atoms. The van der Waals surface area contributed by atoms with Crippen molar-refractivity contribution < 1.29 is 23.9 Å². The molecule has 1 atom stereocenters. The van der Waals surface area contributed by atoms with Gasteiger partial charge in [0.2, 0.25) is 5.91 Å². The summed E-state index contributed by atoms with van der Waals surface area (Å²) in [4.78, 5) is 39.4. The number of para-hydroxylation sites is 1. The molecule has 4 rings (SSSR count). The summed E-state index contributed by atoms with van der Waals surface area (Å²) in [6.07, 6.45) is 2.09. The molecule has 162 valence electrons. The summed E-state index contributed by atoms with van der Waals surface area (Å²) in [5.41, 5.74) is 1.69. The van der Waals surface area contributed by atoms with E-state index in [0.29, 0.717) is 11.6 Å². The summed E-state index contributed by atoms with van der Waals surface area (Å²) >= 11 is 1.45. The Morgan fingerprint density at radius 3 is 2.61 bits per heavy atom. The number of hydrogen-bond donors (Lipinski definition) is 1. The van der Waals surface area contributed by atoms with Gasteiger partial charge in [0.1, 0.15) is 12.3 Å². The third-order valence-corrected chi connectivity index (χ3v) is 6.39. The quantitative estimate of drug-likeness (QED) is 0.636. The predicted molar refractivity (Wildman–Crippen MR) is 117 cm³/mol. The number of hydrogen-bond acceptors (Lipinski definition) is 6. The molecule has 31 heavy (non-hydrogen) atoms. The monoisotopic (exact) mass is 440 g/mol. The van der Waals surface area contributed by atoms with E-state index >= 15 is 0 Å². The van der Waals surface area contributed by atoms with E-state index in [1.165, 1.54) is 16.7 Å². The number of carbonyl (C=O) groups excluding carboxylic acids is 3. The summed E-state index contributed by atoms with van der Waals surface area (Å²) in [5, 5.41) is 2.98. The van der Waals surface area contributed by atoms with E-state index in [1.54, 1.807) is 13.2 Å². The highest BCUT2D eigenvalue weighted by molar-refractivity contribution is 8.00. The Morgan fingerprint density at radius 1 is 1.16 bits per heavy atom. The minimum absolute atomic E-state index is 0.121. The van der Waals surface area contributed by atoms with Crippen molar-refractivity contribution in [1.29, 1.82) is 0 Å². The van der Waals surface area contributed by atoms with Crippen molar-refractivity contribution in [2.75, 3.05) is 30.9 Å². The number of thioether (sulfide) groups is 1. The first kappa shape index (κ1) is 21.2. The first-order valence-corrected chi connectivity index (χ1v) is 11.1. The third-order valence-electron chi connectivity index (χ3n) is 5.34. The Labute approximate surface area is 185 Å². The molecule has 2 aliphatic rings. The molecule has 1 aliphatic heterocycles. The van der Waals surface area contributed by atoms with Crippen LogP contribution in [-0.4, -0.2) is 43.8 Å². The lowest BCUT2D eigenvalue weighted by molar-refractivity contribution is -0.147. The van der Waals surface area contributed by atoms with Crippen molar-refractivity contribution in [3.8, 4) is 5.75 Å². The minimum atomic E-state index is -0.613. The summed E-state index contributed by atoms with van der Waals surface area (Å²) in [5.74, 6) is 0.284. The van der Waals surface area contributed by atoms with E-state index in [9.17, 15) is 14.4 Å². The van der Waals surface area contributed by atoms with Gasteiger partial charge in [-0.3, -0.25) is 19.3 Å². The van der Waals surface area contributed by atoms with Crippen molar-refractivity contribution in [3.05, 3.63) is 54.1 Å². The Balaban J connectivity index is 1.32. The first-order valence-electron chi connectivity index (χ1n) is 10.2. The van der Waals surface area contributed by atoms with Gasteiger partial charge in [0.15, 0.2) is 6.61 Å². The van der Waals surface area contributed by atoms with E-state index in [2.05, 4.69) is 5.32 Å². The molecule has 2 aromatic rings. The molecule has 1 unspecified atom stereocenters. The van der Waals surface area contributed by atoms with Crippen LogP contribution < -0.4 is 15.0 Å². The van der Waals surface area contributed by atoms with Crippen molar-refractivity contribution in [2.24, 2.45) is 5.92 Å². The lowest BCUT2D eigenvalue weighted by Gasteiger charge is -2.28. The number of carbonyl (C=O) groups is 3. The average Bonchev–Trinajstić information content (AvgIpc) is 3.63. The molecule has 1 fully saturated rings. The number of benzene rings is 2. The fourth-order valence-corrected chi connectivity index (χ4v) is 4.51. The molecule has 2 aromatic carbocycles. The van der Waals surface area contributed by atoms with Crippen molar-refractivity contribution in [1.82, 2.24) is 5.32 Å². The van der Waals surface area contributed by atoms with Gasteiger partial charge in [-0.15, -0.1) is 11.8 Å². The molecule has 0 radical (unpaired) electrons. The van der Waals surface area contributed by atoms with Crippen LogP contribution in [0.5, 0.6) is 5.75 Å². The zero-order valence-electron chi connectivity index (χ0n) is 17.2. The highest BCUT2D eigenvalue weighted by Gasteiger charge is 2.33. The Morgan fingerprint density at radius 2 is 1.90 bits per heavy atom. The maximum Gasteiger partial charge on any atom is 0.326 e. The average molecular weight is 441 g/mol. The lowest BCUT2D eigenvalue weighted by Crippen LogP contribution is -2.41. The molecule has 0 aromatic heterocycles. The molecule has 1 N–H and O–H groups in total. The van der Waals surface area contributed by atoms with Crippen LogP contribution in [0.1, 0.15) is 24.4 Å². The molecule has 7 nitrogen and oxygen atoms in total. The second-order valence-electron chi connectivity index (χ2n) is 7.55.